The predicted molar refractivity (Wildman–Crippen MR) is 83.4 cm³/mol. The van der Waals surface area contributed by atoms with Crippen LogP contribution in [-0.4, -0.2) is 28.6 Å². The Morgan fingerprint density at radius 2 is 1.94 bits per heavy atom. The Labute approximate surface area is 120 Å². The van der Waals surface area contributed by atoms with Gasteiger partial charge in [0.1, 0.15) is 12.4 Å². The standard InChI is InChI=1S/C14H23BrO2Si/c1-14(2,18(3)4)11-16-8-9-17-13-7-5-6-12(15)10-13/h5-7,10,18H,8-9,11H2,1-4H3. The fourth-order valence-corrected chi connectivity index (χ4v) is 2.11. The molecule has 0 N–H and O–H groups in total. The molecule has 2 nitrogen and oxygen atoms in total. The Bertz CT molecular complexity index is 367. The first-order chi connectivity index (χ1) is 8.42. The van der Waals surface area contributed by atoms with Gasteiger partial charge in [0.25, 0.3) is 0 Å². The highest BCUT2D eigenvalue weighted by Gasteiger charge is 2.23. The molecule has 0 spiro atoms. The Morgan fingerprint density at radius 1 is 1.22 bits per heavy atom. The minimum atomic E-state index is -0.669. The first-order valence-corrected chi connectivity index (χ1v) is 10.1. The van der Waals surface area contributed by atoms with Crippen molar-refractivity contribution in [2.75, 3.05) is 19.8 Å². The van der Waals surface area contributed by atoms with Crippen molar-refractivity contribution in [2.24, 2.45) is 0 Å². The summed E-state index contributed by atoms with van der Waals surface area (Å²) >= 11 is 3.42. The minimum Gasteiger partial charge on any atom is -0.491 e. The molecule has 0 unspecified atom stereocenters. The van der Waals surface area contributed by atoms with Crippen LogP contribution in [0.1, 0.15) is 13.8 Å². The number of hydrogen-bond donors (Lipinski definition) is 0. The van der Waals surface area contributed by atoms with Crippen LogP contribution in [0.3, 0.4) is 0 Å². The third kappa shape index (κ3) is 5.55. The van der Waals surface area contributed by atoms with E-state index >= 15 is 0 Å². The lowest BCUT2D eigenvalue weighted by Gasteiger charge is -2.27. The molecule has 102 valence electrons. The molecule has 1 aromatic rings. The molecule has 0 atom stereocenters. The van der Waals surface area contributed by atoms with Gasteiger partial charge in [-0.15, -0.1) is 0 Å². The smallest absolute Gasteiger partial charge is 0.120 e. The predicted octanol–water partition coefficient (Wildman–Crippen LogP) is 4.11. The van der Waals surface area contributed by atoms with E-state index in [-0.39, 0.29) is 0 Å². The Morgan fingerprint density at radius 3 is 2.56 bits per heavy atom. The molecule has 0 bridgehead atoms. The lowest BCUT2D eigenvalue weighted by atomic mass is 10.2. The van der Waals surface area contributed by atoms with Gasteiger partial charge in [0.05, 0.1) is 6.61 Å². The summed E-state index contributed by atoms with van der Waals surface area (Å²) in [4.78, 5) is 0. The van der Waals surface area contributed by atoms with Gasteiger partial charge in [0.2, 0.25) is 0 Å². The van der Waals surface area contributed by atoms with Crippen molar-refractivity contribution in [2.45, 2.75) is 32.0 Å². The summed E-state index contributed by atoms with van der Waals surface area (Å²) in [6.45, 7) is 11.4. The molecule has 18 heavy (non-hydrogen) atoms. The van der Waals surface area contributed by atoms with Gasteiger partial charge in [0, 0.05) is 19.9 Å². The number of benzene rings is 1. The second-order valence-corrected chi connectivity index (χ2v) is 10.3. The van der Waals surface area contributed by atoms with Crippen molar-refractivity contribution in [3.8, 4) is 5.75 Å². The first kappa shape index (κ1) is 15.7. The van der Waals surface area contributed by atoms with E-state index in [4.69, 9.17) is 9.47 Å². The maximum atomic E-state index is 5.71. The average molecular weight is 331 g/mol. The molecule has 0 saturated heterocycles. The van der Waals surface area contributed by atoms with Crippen LogP contribution in [0.5, 0.6) is 5.75 Å². The van der Waals surface area contributed by atoms with Gasteiger partial charge in [-0.05, 0) is 23.2 Å². The van der Waals surface area contributed by atoms with Crippen molar-refractivity contribution in [3.05, 3.63) is 28.7 Å². The number of halogens is 1. The summed E-state index contributed by atoms with van der Waals surface area (Å²) in [6, 6.07) is 7.87. The third-order valence-electron chi connectivity index (χ3n) is 3.33. The van der Waals surface area contributed by atoms with Crippen LogP contribution < -0.4 is 4.74 Å². The molecule has 0 aliphatic heterocycles. The molecule has 1 aromatic carbocycles. The summed E-state index contributed by atoms with van der Waals surface area (Å²) in [6.07, 6.45) is 0. The topological polar surface area (TPSA) is 18.5 Å². The first-order valence-electron chi connectivity index (χ1n) is 6.38. The summed E-state index contributed by atoms with van der Waals surface area (Å²) < 4.78 is 12.4. The lowest BCUT2D eigenvalue weighted by Crippen LogP contribution is -2.27. The van der Waals surface area contributed by atoms with Gasteiger partial charge in [0.15, 0.2) is 0 Å². The van der Waals surface area contributed by atoms with E-state index in [1.165, 1.54) is 0 Å². The van der Waals surface area contributed by atoms with Crippen molar-refractivity contribution in [1.29, 1.82) is 0 Å². The molecule has 0 aliphatic carbocycles. The number of ether oxygens (including phenoxy) is 2. The van der Waals surface area contributed by atoms with Crippen LogP contribution in [0.2, 0.25) is 18.1 Å². The van der Waals surface area contributed by atoms with Crippen molar-refractivity contribution >= 4 is 24.7 Å². The SMILES string of the molecule is C[SiH](C)C(C)(C)COCCOc1cccc(Br)c1. The Kier molecular flexibility index (Phi) is 6.39. The third-order valence-corrected chi connectivity index (χ3v) is 7.12. The second kappa shape index (κ2) is 7.31. The maximum absolute atomic E-state index is 5.71. The van der Waals surface area contributed by atoms with E-state index in [0.29, 0.717) is 18.3 Å². The molecule has 0 heterocycles. The minimum absolute atomic E-state index is 0.357. The van der Waals surface area contributed by atoms with E-state index < -0.39 is 8.80 Å². The van der Waals surface area contributed by atoms with Crippen molar-refractivity contribution < 1.29 is 9.47 Å². The zero-order valence-electron chi connectivity index (χ0n) is 11.7. The molecular weight excluding hydrogens is 308 g/mol. The van der Waals surface area contributed by atoms with E-state index in [2.05, 4.69) is 42.9 Å². The van der Waals surface area contributed by atoms with Gasteiger partial charge in [-0.1, -0.05) is 48.9 Å². The van der Waals surface area contributed by atoms with E-state index in [9.17, 15) is 0 Å². The van der Waals surface area contributed by atoms with Gasteiger partial charge >= 0.3 is 0 Å². The quantitative estimate of drug-likeness (QED) is 0.553. The van der Waals surface area contributed by atoms with E-state index in [0.717, 1.165) is 16.8 Å². The Balaban J connectivity index is 2.20. The normalized spacial score (nSPS) is 11.9. The highest BCUT2D eigenvalue weighted by atomic mass is 79.9. The van der Waals surface area contributed by atoms with Crippen molar-refractivity contribution in [1.82, 2.24) is 0 Å². The van der Waals surface area contributed by atoms with Crippen LogP contribution in [0.15, 0.2) is 28.7 Å². The zero-order valence-corrected chi connectivity index (χ0v) is 14.4. The second-order valence-electron chi connectivity index (χ2n) is 5.50. The van der Waals surface area contributed by atoms with Crippen LogP contribution in [0, 0.1) is 0 Å². The zero-order chi connectivity index (χ0) is 13.6. The van der Waals surface area contributed by atoms with Gasteiger partial charge < -0.3 is 9.47 Å². The van der Waals surface area contributed by atoms with Gasteiger partial charge in [-0.2, -0.15) is 0 Å². The monoisotopic (exact) mass is 330 g/mol. The Hall–Kier alpha value is -0.323. The molecular formula is C14H23BrO2Si. The number of hydrogen-bond acceptors (Lipinski definition) is 2. The van der Waals surface area contributed by atoms with Crippen LogP contribution in [-0.2, 0) is 4.74 Å². The highest BCUT2D eigenvalue weighted by Crippen LogP contribution is 2.28. The highest BCUT2D eigenvalue weighted by molar-refractivity contribution is 9.10. The van der Waals surface area contributed by atoms with Crippen LogP contribution in [0.25, 0.3) is 0 Å². The number of rotatable bonds is 7. The fourth-order valence-electron chi connectivity index (χ4n) is 1.28. The van der Waals surface area contributed by atoms with Gasteiger partial charge in [-0.25, -0.2) is 0 Å². The summed E-state index contributed by atoms with van der Waals surface area (Å²) in [5, 5.41) is 0.357. The fraction of sp³-hybridized carbons (Fsp3) is 0.571. The molecule has 0 aromatic heterocycles. The molecule has 0 aliphatic rings. The van der Waals surface area contributed by atoms with Crippen LogP contribution >= 0.6 is 15.9 Å². The molecule has 0 saturated carbocycles. The molecule has 0 amide bonds. The molecule has 4 heteroatoms. The van der Waals surface area contributed by atoms with E-state index in [1.54, 1.807) is 0 Å². The van der Waals surface area contributed by atoms with Gasteiger partial charge in [-0.3, -0.25) is 0 Å². The average Bonchev–Trinajstić information content (AvgIpc) is 2.28. The lowest BCUT2D eigenvalue weighted by molar-refractivity contribution is 0.0847. The summed E-state index contributed by atoms with van der Waals surface area (Å²) in [5.74, 6) is 0.880. The molecule has 1 rings (SSSR count). The largest absolute Gasteiger partial charge is 0.491 e. The molecule has 0 fully saturated rings. The van der Waals surface area contributed by atoms with Crippen LogP contribution in [0.4, 0.5) is 0 Å². The van der Waals surface area contributed by atoms with Crippen molar-refractivity contribution in [3.63, 3.8) is 0 Å². The summed E-state index contributed by atoms with van der Waals surface area (Å²) in [5.41, 5.74) is 0. The summed E-state index contributed by atoms with van der Waals surface area (Å²) in [7, 11) is -0.669. The van der Waals surface area contributed by atoms with E-state index in [1.807, 2.05) is 24.3 Å². The molecule has 0 radical (unpaired) electrons. The maximum Gasteiger partial charge on any atom is 0.120 e.